The molecule has 0 aromatic heterocycles. The molecule has 0 spiro atoms. The lowest BCUT2D eigenvalue weighted by atomic mass is 10.0. The zero-order valence-corrected chi connectivity index (χ0v) is 19.5. The fourth-order valence-corrected chi connectivity index (χ4v) is 4.76. The summed E-state index contributed by atoms with van der Waals surface area (Å²) in [7, 11) is -4.05. The van der Waals surface area contributed by atoms with Crippen LogP contribution in [0.5, 0.6) is 0 Å². The van der Waals surface area contributed by atoms with Gasteiger partial charge in [0, 0.05) is 4.91 Å². The van der Waals surface area contributed by atoms with E-state index in [4.69, 9.17) is 15.0 Å². The van der Waals surface area contributed by atoms with Crippen molar-refractivity contribution in [2.45, 2.75) is 69.7 Å². The lowest BCUT2D eigenvalue weighted by Crippen LogP contribution is -2.55. The predicted octanol–water partition coefficient (Wildman–Crippen LogP) is 2.80. The molecule has 1 aliphatic carbocycles. The number of nitrogens with one attached hydrogen (secondary N) is 2. The number of hydrogen-bond donors (Lipinski definition) is 2. The molecule has 4 atom stereocenters. The van der Waals surface area contributed by atoms with E-state index in [0.717, 1.165) is 5.56 Å². The second kappa shape index (κ2) is 10.2. The van der Waals surface area contributed by atoms with Crippen molar-refractivity contribution < 1.29 is 27.5 Å². The predicted molar refractivity (Wildman–Crippen MR) is 116 cm³/mol. The van der Waals surface area contributed by atoms with Gasteiger partial charge in [-0.25, -0.2) is 17.9 Å². The zero-order chi connectivity index (χ0) is 24.1. The number of sulfonamides is 1. The van der Waals surface area contributed by atoms with E-state index in [1.165, 1.54) is 12.1 Å². The molecule has 0 heterocycles. The molecule has 0 bridgehead atoms. The second-order valence-corrected chi connectivity index (χ2v) is 10.2. The van der Waals surface area contributed by atoms with Crippen molar-refractivity contribution in [3.63, 3.8) is 0 Å². The number of ether oxygens (including phenoxy) is 2. The molecule has 0 saturated heterocycles. The largest absolute Gasteiger partial charge is 0.466 e. The van der Waals surface area contributed by atoms with Crippen molar-refractivity contribution in [3.8, 4) is 0 Å². The molecule has 1 saturated carbocycles. The average Bonchev–Trinajstić information content (AvgIpc) is 2.98. The molecule has 176 valence electrons. The van der Waals surface area contributed by atoms with Crippen LogP contribution in [-0.2, 0) is 24.3 Å². The Labute approximate surface area is 187 Å². The highest BCUT2D eigenvalue weighted by molar-refractivity contribution is 7.89. The van der Waals surface area contributed by atoms with Crippen molar-refractivity contribution in [2.24, 2.45) is 11.0 Å². The van der Waals surface area contributed by atoms with Crippen LogP contribution in [0.25, 0.3) is 10.4 Å². The third-order valence-electron chi connectivity index (χ3n) is 4.83. The van der Waals surface area contributed by atoms with Gasteiger partial charge >= 0.3 is 12.1 Å². The number of amides is 1. The molecule has 2 N–H and O–H groups in total. The van der Waals surface area contributed by atoms with Crippen LogP contribution in [0.2, 0.25) is 0 Å². The first-order valence-corrected chi connectivity index (χ1v) is 11.7. The molecule has 32 heavy (non-hydrogen) atoms. The molecular weight excluding hydrogens is 438 g/mol. The molecule has 1 aliphatic rings. The summed E-state index contributed by atoms with van der Waals surface area (Å²) in [6, 6.07) is 3.08. The fourth-order valence-electron chi connectivity index (χ4n) is 3.47. The number of alkyl carbamates (subject to hydrolysis) is 1. The Balaban J connectivity index is 2.42. The Morgan fingerprint density at radius 2 is 1.84 bits per heavy atom. The van der Waals surface area contributed by atoms with Crippen molar-refractivity contribution in [2.75, 3.05) is 6.61 Å². The monoisotopic (exact) mass is 467 g/mol. The Bertz CT molecular complexity index is 983. The van der Waals surface area contributed by atoms with Gasteiger partial charge in [-0.05, 0) is 58.7 Å². The normalized spacial score (nSPS) is 23.2. The van der Waals surface area contributed by atoms with Gasteiger partial charge in [-0.1, -0.05) is 22.8 Å². The number of benzene rings is 1. The highest BCUT2D eigenvalue weighted by atomic mass is 32.2. The van der Waals surface area contributed by atoms with E-state index >= 15 is 0 Å². The number of nitrogens with zero attached hydrogens (tertiary/aromatic N) is 3. The maximum Gasteiger partial charge on any atom is 0.407 e. The first-order valence-electron chi connectivity index (χ1n) is 10.2. The van der Waals surface area contributed by atoms with Crippen LogP contribution in [0, 0.1) is 12.8 Å². The summed E-state index contributed by atoms with van der Waals surface area (Å²) in [6.45, 7) is 8.56. The van der Waals surface area contributed by atoms with Crippen molar-refractivity contribution >= 4 is 22.1 Å². The highest BCUT2D eigenvalue weighted by Gasteiger charge is 2.49. The van der Waals surface area contributed by atoms with Crippen LogP contribution >= 0.6 is 0 Å². The Morgan fingerprint density at radius 1 is 1.22 bits per heavy atom. The number of aryl methyl sites for hydroxylation is 1. The number of esters is 1. The minimum absolute atomic E-state index is 0.00149. The van der Waals surface area contributed by atoms with Crippen LogP contribution in [0.1, 0.15) is 39.7 Å². The van der Waals surface area contributed by atoms with Crippen LogP contribution in [0.4, 0.5) is 4.79 Å². The van der Waals surface area contributed by atoms with Gasteiger partial charge in [0.25, 0.3) is 0 Å². The van der Waals surface area contributed by atoms with Crippen LogP contribution in [0.15, 0.2) is 34.3 Å². The smallest absolute Gasteiger partial charge is 0.407 e. The van der Waals surface area contributed by atoms with E-state index in [-0.39, 0.29) is 17.9 Å². The summed E-state index contributed by atoms with van der Waals surface area (Å²) in [5.74, 6) is -1.58. The van der Waals surface area contributed by atoms with Gasteiger partial charge in [-0.3, -0.25) is 4.79 Å². The van der Waals surface area contributed by atoms with E-state index < -0.39 is 51.7 Å². The van der Waals surface area contributed by atoms with Crippen molar-refractivity contribution in [1.82, 2.24) is 10.0 Å². The lowest BCUT2D eigenvalue weighted by Gasteiger charge is -2.28. The number of hydrogen-bond acceptors (Lipinski definition) is 7. The number of carbonyl (C=O) groups is 2. The van der Waals surface area contributed by atoms with Gasteiger partial charge < -0.3 is 14.8 Å². The molecule has 1 fully saturated rings. The minimum Gasteiger partial charge on any atom is -0.466 e. The van der Waals surface area contributed by atoms with Crippen LogP contribution < -0.4 is 10.0 Å². The van der Waals surface area contributed by atoms with E-state index in [1.807, 2.05) is 6.92 Å². The Kier molecular flexibility index (Phi) is 8.11. The van der Waals surface area contributed by atoms with Gasteiger partial charge in [0.2, 0.25) is 10.0 Å². The molecule has 1 aromatic rings. The minimum atomic E-state index is -4.05. The van der Waals surface area contributed by atoms with Crippen molar-refractivity contribution in [1.29, 1.82) is 0 Å². The molecule has 1 aromatic carbocycles. The summed E-state index contributed by atoms with van der Waals surface area (Å²) >= 11 is 0. The summed E-state index contributed by atoms with van der Waals surface area (Å²) in [4.78, 5) is 27.8. The van der Waals surface area contributed by atoms with Gasteiger partial charge in [-0.15, -0.1) is 0 Å². The van der Waals surface area contributed by atoms with E-state index in [1.54, 1.807) is 39.8 Å². The Morgan fingerprint density at radius 3 is 2.38 bits per heavy atom. The third-order valence-corrected chi connectivity index (χ3v) is 6.30. The molecular formula is C20H29N5O6S. The summed E-state index contributed by atoms with van der Waals surface area (Å²) in [5.41, 5.74) is 9.05. The maximum atomic E-state index is 13.0. The number of rotatable bonds is 7. The summed E-state index contributed by atoms with van der Waals surface area (Å²) in [5, 5.41) is 6.25. The first-order chi connectivity index (χ1) is 14.9. The van der Waals surface area contributed by atoms with E-state index in [2.05, 4.69) is 20.1 Å². The quantitative estimate of drug-likeness (QED) is 0.271. The number of azide groups is 1. The molecule has 0 radical (unpaired) electrons. The van der Waals surface area contributed by atoms with Gasteiger partial charge in [0.1, 0.15) is 5.60 Å². The van der Waals surface area contributed by atoms with Gasteiger partial charge in [-0.2, -0.15) is 0 Å². The highest BCUT2D eigenvalue weighted by Crippen LogP contribution is 2.32. The molecule has 12 heteroatoms. The van der Waals surface area contributed by atoms with Gasteiger partial charge in [0.05, 0.1) is 35.5 Å². The molecule has 0 aliphatic heterocycles. The summed E-state index contributed by atoms with van der Waals surface area (Å²) < 4.78 is 38.9. The second-order valence-electron chi connectivity index (χ2n) is 8.50. The van der Waals surface area contributed by atoms with Crippen LogP contribution in [0.3, 0.4) is 0 Å². The Hall–Kier alpha value is -2.82. The maximum absolute atomic E-state index is 13.0. The van der Waals surface area contributed by atoms with E-state index in [0.29, 0.717) is 0 Å². The first kappa shape index (κ1) is 25.4. The summed E-state index contributed by atoms with van der Waals surface area (Å²) in [6.07, 6.45) is -0.845. The standard InChI is InChI=1S/C20H29N5O6S/c1-6-30-18(26)14-11-15(23-25-21)17(16(14)22-19(27)31-20(3,4)5)24-32(28,29)13-9-7-12(2)8-10-13/h7-10,14-17,24H,6,11H2,1-5H3,(H,22,27)/t14-,15+,16+,17-/m1/s1. The van der Waals surface area contributed by atoms with Crippen molar-refractivity contribution in [3.05, 3.63) is 40.3 Å². The SMILES string of the molecule is CCOC(=O)[C@@H]1C[C@H](N=[N+]=[N-])[C@@H](NS(=O)(=O)c2ccc(C)cc2)[C@H]1NC(=O)OC(C)(C)C. The topological polar surface area (TPSA) is 160 Å². The van der Waals surface area contributed by atoms with E-state index in [9.17, 15) is 18.0 Å². The van der Waals surface area contributed by atoms with Gasteiger partial charge in [0.15, 0.2) is 0 Å². The fraction of sp³-hybridized carbons (Fsp3) is 0.600. The third kappa shape index (κ3) is 6.59. The molecule has 11 nitrogen and oxygen atoms in total. The molecule has 1 amide bonds. The molecule has 0 unspecified atom stereocenters. The molecule has 2 rings (SSSR count). The van der Waals surface area contributed by atoms with Crippen LogP contribution in [-0.4, -0.2) is 50.8 Å². The number of carbonyl (C=O) groups excluding carboxylic acids is 2. The average molecular weight is 468 g/mol. The zero-order valence-electron chi connectivity index (χ0n) is 18.7. The lowest BCUT2D eigenvalue weighted by molar-refractivity contribution is -0.148.